The predicted molar refractivity (Wildman–Crippen MR) is 108 cm³/mol. The van der Waals surface area contributed by atoms with Gasteiger partial charge in [-0.25, -0.2) is 0 Å². The van der Waals surface area contributed by atoms with Crippen LogP contribution < -0.4 is 15.0 Å². The van der Waals surface area contributed by atoms with Crippen LogP contribution in [0.1, 0.15) is 43.1 Å². The Labute approximate surface area is 160 Å². The van der Waals surface area contributed by atoms with Crippen molar-refractivity contribution in [2.75, 3.05) is 23.4 Å². The van der Waals surface area contributed by atoms with Crippen molar-refractivity contribution in [3.8, 4) is 5.75 Å². The second kappa shape index (κ2) is 8.25. The zero-order valence-corrected chi connectivity index (χ0v) is 16.1. The molecule has 2 amide bonds. The van der Waals surface area contributed by atoms with Gasteiger partial charge in [-0.05, 0) is 61.7 Å². The Morgan fingerprint density at radius 3 is 2.56 bits per heavy atom. The zero-order chi connectivity index (χ0) is 19.4. The van der Waals surface area contributed by atoms with Gasteiger partial charge in [0.2, 0.25) is 5.91 Å². The van der Waals surface area contributed by atoms with E-state index in [9.17, 15) is 9.59 Å². The van der Waals surface area contributed by atoms with E-state index in [4.69, 9.17) is 4.74 Å². The van der Waals surface area contributed by atoms with E-state index >= 15 is 0 Å². The molecule has 1 aliphatic heterocycles. The molecule has 1 aliphatic rings. The molecular formula is C22H26N2O3. The van der Waals surface area contributed by atoms with Crippen molar-refractivity contribution in [1.29, 1.82) is 0 Å². The van der Waals surface area contributed by atoms with Gasteiger partial charge in [-0.3, -0.25) is 9.59 Å². The molecule has 0 fully saturated rings. The molecule has 3 rings (SSSR count). The first-order valence-corrected chi connectivity index (χ1v) is 9.48. The number of aryl methyl sites for hydroxylation is 1. The summed E-state index contributed by atoms with van der Waals surface area (Å²) in [6.45, 7) is 7.05. The van der Waals surface area contributed by atoms with Crippen LogP contribution in [-0.2, 0) is 11.2 Å². The molecule has 0 spiro atoms. The predicted octanol–water partition coefficient (Wildman–Crippen LogP) is 4.27. The molecule has 2 aromatic carbocycles. The fourth-order valence-electron chi connectivity index (χ4n) is 3.27. The van der Waals surface area contributed by atoms with Gasteiger partial charge in [-0.15, -0.1) is 0 Å². The topological polar surface area (TPSA) is 58.6 Å². The number of ether oxygens (including phenoxy) is 1. The number of hydrogen-bond donors (Lipinski definition) is 1. The minimum Gasteiger partial charge on any atom is -0.494 e. The second-order valence-electron chi connectivity index (χ2n) is 7.00. The highest BCUT2D eigenvalue weighted by Crippen LogP contribution is 2.31. The average molecular weight is 366 g/mol. The fraction of sp³-hybridized carbons (Fsp3) is 0.364. The summed E-state index contributed by atoms with van der Waals surface area (Å²) in [5.41, 5.74) is 3.31. The van der Waals surface area contributed by atoms with Gasteiger partial charge in [0.05, 0.1) is 6.61 Å². The summed E-state index contributed by atoms with van der Waals surface area (Å²) in [6.07, 6.45) is 1.91. The Kier molecular flexibility index (Phi) is 5.79. The summed E-state index contributed by atoms with van der Waals surface area (Å²) in [7, 11) is 0. The lowest BCUT2D eigenvalue weighted by Crippen LogP contribution is -2.38. The van der Waals surface area contributed by atoms with Crippen LogP contribution in [0.15, 0.2) is 42.5 Å². The molecule has 0 bridgehead atoms. The highest BCUT2D eigenvalue weighted by atomic mass is 16.5. The minimum absolute atomic E-state index is 0.0574. The summed E-state index contributed by atoms with van der Waals surface area (Å²) in [4.78, 5) is 26.9. The summed E-state index contributed by atoms with van der Waals surface area (Å²) >= 11 is 0. The van der Waals surface area contributed by atoms with Gasteiger partial charge in [-0.2, -0.15) is 0 Å². The molecule has 0 radical (unpaired) electrons. The Morgan fingerprint density at radius 2 is 1.89 bits per heavy atom. The number of fused-ring (bicyclic) bond motifs is 1. The Bertz CT molecular complexity index is 828. The molecule has 5 nitrogen and oxygen atoms in total. The first-order chi connectivity index (χ1) is 13.0. The monoisotopic (exact) mass is 366 g/mol. The molecule has 0 saturated heterocycles. The molecule has 0 atom stereocenters. The number of benzene rings is 2. The molecule has 0 aliphatic carbocycles. The van der Waals surface area contributed by atoms with E-state index in [1.54, 1.807) is 24.3 Å². The van der Waals surface area contributed by atoms with Crippen LogP contribution in [-0.4, -0.2) is 25.0 Å². The van der Waals surface area contributed by atoms with Crippen molar-refractivity contribution in [2.24, 2.45) is 5.92 Å². The molecule has 1 N–H and O–H groups in total. The van der Waals surface area contributed by atoms with Crippen LogP contribution in [0.2, 0.25) is 0 Å². The van der Waals surface area contributed by atoms with Gasteiger partial charge in [0.1, 0.15) is 5.75 Å². The third-order valence-corrected chi connectivity index (χ3v) is 4.65. The summed E-state index contributed by atoms with van der Waals surface area (Å²) in [5.74, 6) is 0.616. The van der Waals surface area contributed by atoms with Crippen molar-refractivity contribution in [2.45, 2.75) is 33.6 Å². The number of nitrogens with zero attached hydrogens (tertiary/aromatic N) is 1. The normalized spacial score (nSPS) is 13.3. The van der Waals surface area contributed by atoms with Gasteiger partial charge in [0, 0.05) is 29.4 Å². The molecule has 0 saturated carbocycles. The highest BCUT2D eigenvalue weighted by molar-refractivity contribution is 6.05. The van der Waals surface area contributed by atoms with E-state index < -0.39 is 0 Å². The van der Waals surface area contributed by atoms with Crippen molar-refractivity contribution in [1.82, 2.24) is 0 Å². The Balaban J connectivity index is 1.79. The van der Waals surface area contributed by atoms with Gasteiger partial charge in [0.15, 0.2) is 0 Å². The van der Waals surface area contributed by atoms with E-state index in [-0.39, 0.29) is 17.7 Å². The van der Waals surface area contributed by atoms with Gasteiger partial charge >= 0.3 is 0 Å². The highest BCUT2D eigenvalue weighted by Gasteiger charge is 2.24. The maximum Gasteiger partial charge on any atom is 0.255 e. The fourth-order valence-corrected chi connectivity index (χ4v) is 3.27. The quantitative estimate of drug-likeness (QED) is 0.859. The van der Waals surface area contributed by atoms with Crippen LogP contribution in [0, 0.1) is 5.92 Å². The number of nitrogens with one attached hydrogen (secondary N) is 1. The van der Waals surface area contributed by atoms with E-state index in [1.807, 2.05) is 43.9 Å². The van der Waals surface area contributed by atoms with Crippen molar-refractivity contribution < 1.29 is 14.3 Å². The number of amides is 2. The molecular weight excluding hydrogens is 340 g/mol. The van der Waals surface area contributed by atoms with E-state index in [2.05, 4.69) is 5.32 Å². The molecule has 142 valence electrons. The molecule has 27 heavy (non-hydrogen) atoms. The minimum atomic E-state index is -0.185. The molecule has 1 heterocycles. The lowest BCUT2D eigenvalue weighted by molar-refractivity contribution is -0.121. The number of carbonyl (C=O) groups is 2. The number of anilines is 2. The van der Waals surface area contributed by atoms with Crippen molar-refractivity contribution in [3.63, 3.8) is 0 Å². The van der Waals surface area contributed by atoms with Crippen molar-refractivity contribution >= 4 is 23.2 Å². The average Bonchev–Trinajstić information content (AvgIpc) is 2.67. The number of rotatable bonds is 5. The van der Waals surface area contributed by atoms with Crippen LogP contribution in [0.4, 0.5) is 11.4 Å². The number of carbonyl (C=O) groups excluding carboxylic acids is 2. The Morgan fingerprint density at radius 1 is 1.15 bits per heavy atom. The van der Waals surface area contributed by atoms with E-state index in [1.165, 1.54) is 0 Å². The SMILES string of the molecule is CCOc1ccc(C(=O)Nc2ccc3c(c2)N(C(=O)C(C)C)CCC3)cc1. The summed E-state index contributed by atoms with van der Waals surface area (Å²) in [6, 6.07) is 12.9. The van der Waals surface area contributed by atoms with Gasteiger partial charge in [0.25, 0.3) is 5.91 Å². The maximum absolute atomic E-state index is 12.5. The lowest BCUT2D eigenvalue weighted by atomic mass is 9.99. The first kappa shape index (κ1) is 19.0. The van der Waals surface area contributed by atoms with Crippen LogP contribution in [0.5, 0.6) is 5.75 Å². The molecule has 0 aromatic heterocycles. The molecule has 2 aromatic rings. The third kappa shape index (κ3) is 4.30. The van der Waals surface area contributed by atoms with Crippen LogP contribution >= 0.6 is 0 Å². The maximum atomic E-state index is 12.5. The smallest absolute Gasteiger partial charge is 0.255 e. The van der Waals surface area contributed by atoms with E-state index in [0.717, 1.165) is 36.4 Å². The van der Waals surface area contributed by atoms with Crippen LogP contribution in [0.3, 0.4) is 0 Å². The largest absolute Gasteiger partial charge is 0.494 e. The number of hydrogen-bond acceptors (Lipinski definition) is 3. The first-order valence-electron chi connectivity index (χ1n) is 9.48. The Hall–Kier alpha value is -2.82. The van der Waals surface area contributed by atoms with Crippen LogP contribution in [0.25, 0.3) is 0 Å². The van der Waals surface area contributed by atoms with Gasteiger partial charge < -0.3 is 15.0 Å². The van der Waals surface area contributed by atoms with Crippen molar-refractivity contribution in [3.05, 3.63) is 53.6 Å². The summed E-state index contributed by atoms with van der Waals surface area (Å²) < 4.78 is 5.41. The summed E-state index contributed by atoms with van der Waals surface area (Å²) in [5, 5.41) is 2.93. The third-order valence-electron chi connectivity index (χ3n) is 4.65. The molecule has 5 heteroatoms. The standard InChI is InChI=1S/C22H26N2O3/c1-4-27-19-11-8-17(9-12-19)21(25)23-18-10-7-16-6-5-13-24(20(16)14-18)22(26)15(2)3/h7-12,14-15H,4-6,13H2,1-3H3,(H,23,25). The lowest BCUT2D eigenvalue weighted by Gasteiger charge is -2.31. The second-order valence-corrected chi connectivity index (χ2v) is 7.00. The van der Waals surface area contributed by atoms with E-state index in [0.29, 0.717) is 17.9 Å². The van der Waals surface area contributed by atoms with Gasteiger partial charge in [-0.1, -0.05) is 19.9 Å². The zero-order valence-electron chi connectivity index (χ0n) is 16.1. The molecule has 0 unspecified atom stereocenters.